The Bertz CT molecular complexity index is 515. The smallest absolute Gasteiger partial charge is 0.0684 e. The summed E-state index contributed by atoms with van der Waals surface area (Å²) in [6.07, 6.45) is -0.250. The van der Waals surface area contributed by atoms with Gasteiger partial charge in [-0.05, 0) is 28.2 Å². The van der Waals surface area contributed by atoms with Crippen molar-refractivity contribution in [1.29, 1.82) is 0 Å². The zero-order chi connectivity index (χ0) is 12.3. The zero-order valence-electron chi connectivity index (χ0n) is 10.4. The van der Waals surface area contributed by atoms with E-state index in [-0.39, 0.29) is 12.0 Å². The van der Waals surface area contributed by atoms with Crippen LogP contribution in [0.1, 0.15) is 41.0 Å². The van der Waals surface area contributed by atoms with Crippen molar-refractivity contribution < 1.29 is 5.11 Å². The van der Waals surface area contributed by atoms with Crippen molar-refractivity contribution in [2.75, 3.05) is 0 Å². The van der Waals surface area contributed by atoms with Gasteiger partial charge in [0.05, 0.1) is 6.10 Å². The maximum absolute atomic E-state index is 10.6. The third-order valence-corrected chi connectivity index (χ3v) is 4.74. The monoisotopic (exact) mass is 236 g/mol. The summed E-state index contributed by atoms with van der Waals surface area (Å²) in [5.41, 5.74) is 5.48. The molecule has 0 amide bonds. The van der Waals surface area contributed by atoms with Crippen molar-refractivity contribution in [3.8, 4) is 0 Å². The predicted molar refractivity (Wildman–Crippen MR) is 71.7 cm³/mol. The van der Waals surface area contributed by atoms with Crippen LogP contribution >= 0.6 is 0 Å². The third kappa shape index (κ3) is 1.10. The van der Waals surface area contributed by atoms with Crippen molar-refractivity contribution in [2.24, 2.45) is 5.92 Å². The standard InChI is InChI=1S/C17H16O/c1-10-15-11-6-2-4-8-13(11)16(17(10)18)14-9-5-3-7-12(14)15/h2-10,15-18H,1H3. The van der Waals surface area contributed by atoms with Crippen molar-refractivity contribution in [1.82, 2.24) is 0 Å². The molecule has 0 fully saturated rings. The van der Waals surface area contributed by atoms with Crippen LogP contribution in [0.4, 0.5) is 0 Å². The molecule has 0 aromatic heterocycles. The molecule has 3 aliphatic rings. The van der Waals surface area contributed by atoms with E-state index >= 15 is 0 Å². The number of fused-ring (bicyclic) bond motifs is 1. The molecule has 2 atom stereocenters. The molecule has 2 unspecified atom stereocenters. The Morgan fingerprint density at radius 3 is 1.56 bits per heavy atom. The van der Waals surface area contributed by atoms with Gasteiger partial charge in [0.2, 0.25) is 0 Å². The second kappa shape index (κ2) is 3.46. The number of benzene rings is 2. The molecule has 0 saturated carbocycles. The molecule has 2 bridgehead atoms. The first-order valence-corrected chi connectivity index (χ1v) is 6.64. The highest BCUT2D eigenvalue weighted by molar-refractivity contribution is 5.56. The van der Waals surface area contributed by atoms with E-state index < -0.39 is 0 Å². The molecule has 0 spiro atoms. The normalized spacial score (nSPS) is 31.9. The minimum Gasteiger partial charge on any atom is -0.392 e. The van der Waals surface area contributed by atoms with Gasteiger partial charge in [-0.2, -0.15) is 0 Å². The first kappa shape index (κ1) is 10.3. The van der Waals surface area contributed by atoms with Gasteiger partial charge in [0.15, 0.2) is 0 Å². The van der Waals surface area contributed by atoms with Gasteiger partial charge in [-0.1, -0.05) is 55.5 Å². The molecule has 5 rings (SSSR count). The van der Waals surface area contributed by atoms with Crippen LogP contribution in [0.15, 0.2) is 48.5 Å². The lowest BCUT2D eigenvalue weighted by atomic mass is 9.58. The highest BCUT2D eigenvalue weighted by atomic mass is 16.3. The molecule has 1 nitrogen and oxygen atoms in total. The van der Waals surface area contributed by atoms with Gasteiger partial charge in [0.1, 0.15) is 0 Å². The van der Waals surface area contributed by atoms with E-state index in [1.165, 1.54) is 22.3 Å². The molecule has 0 aliphatic heterocycles. The van der Waals surface area contributed by atoms with E-state index in [0.29, 0.717) is 11.8 Å². The summed E-state index contributed by atoms with van der Waals surface area (Å²) in [5, 5.41) is 10.6. The fourth-order valence-electron chi connectivity index (χ4n) is 3.92. The zero-order valence-corrected chi connectivity index (χ0v) is 10.4. The topological polar surface area (TPSA) is 20.2 Å². The fraction of sp³-hybridized carbons (Fsp3) is 0.294. The molecular formula is C17H16O. The highest BCUT2D eigenvalue weighted by Crippen LogP contribution is 2.54. The van der Waals surface area contributed by atoms with Crippen LogP contribution in [0, 0.1) is 5.92 Å². The maximum atomic E-state index is 10.6. The van der Waals surface area contributed by atoms with E-state index in [2.05, 4.69) is 55.5 Å². The first-order valence-electron chi connectivity index (χ1n) is 6.64. The molecule has 1 N–H and O–H groups in total. The van der Waals surface area contributed by atoms with Gasteiger partial charge in [0.25, 0.3) is 0 Å². The van der Waals surface area contributed by atoms with E-state index in [0.717, 1.165) is 0 Å². The lowest BCUT2D eigenvalue weighted by Crippen LogP contribution is -2.42. The summed E-state index contributed by atoms with van der Waals surface area (Å²) in [4.78, 5) is 0. The summed E-state index contributed by atoms with van der Waals surface area (Å²) in [6, 6.07) is 17.2. The molecule has 3 aliphatic carbocycles. The van der Waals surface area contributed by atoms with Crippen LogP contribution in [0.5, 0.6) is 0 Å². The Morgan fingerprint density at radius 2 is 1.11 bits per heavy atom. The second-order valence-corrected chi connectivity index (χ2v) is 5.56. The summed E-state index contributed by atoms with van der Waals surface area (Å²) in [7, 11) is 0. The van der Waals surface area contributed by atoms with Crippen molar-refractivity contribution in [3.63, 3.8) is 0 Å². The number of aliphatic hydroxyl groups excluding tert-OH is 1. The van der Waals surface area contributed by atoms with E-state index in [1.807, 2.05) is 0 Å². The summed E-state index contributed by atoms with van der Waals surface area (Å²) >= 11 is 0. The van der Waals surface area contributed by atoms with Crippen LogP contribution < -0.4 is 0 Å². The van der Waals surface area contributed by atoms with Crippen LogP contribution in [-0.4, -0.2) is 11.2 Å². The minimum absolute atomic E-state index is 0.164. The van der Waals surface area contributed by atoms with Crippen molar-refractivity contribution in [2.45, 2.75) is 24.9 Å². The Balaban J connectivity index is 2.06. The molecule has 0 heterocycles. The van der Waals surface area contributed by atoms with Crippen LogP contribution in [0.2, 0.25) is 0 Å². The molecular weight excluding hydrogens is 220 g/mol. The Morgan fingerprint density at radius 1 is 0.722 bits per heavy atom. The number of aliphatic hydroxyl groups is 1. The average Bonchev–Trinajstić information content (AvgIpc) is 2.42. The Kier molecular flexibility index (Phi) is 1.98. The van der Waals surface area contributed by atoms with Gasteiger partial charge in [-0.15, -0.1) is 0 Å². The van der Waals surface area contributed by atoms with Crippen LogP contribution in [0.25, 0.3) is 0 Å². The number of rotatable bonds is 0. The van der Waals surface area contributed by atoms with Crippen molar-refractivity contribution >= 4 is 0 Å². The molecule has 90 valence electrons. The first-order chi connectivity index (χ1) is 8.79. The second-order valence-electron chi connectivity index (χ2n) is 5.56. The molecule has 18 heavy (non-hydrogen) atoms. The lowest BCUT2D eigenvalue weighted by Gasteiger charge is -2.47. The highest BCUT2D eigenvalue weighted by Gasteiger charge is 2.46. The summed E-state index contributed by atoms with van der Waals surface area (Å²) < 4.78 is 0. The Labute approximate surface area is 107 Å². The van der Waals surface area contributed by atoms with Gasteiger partial charge < -0.3 is 5.11 Å². The van der Waals surface area contributed by atoms with Gasteiger partial charge in [0, 0.05) is 11.8 Å². The van der Waals surface area contributed by atoms with Crippen LogP contribution in [0.3, 0.4) is 0 Å². The number of hydrogen-bond donors (Lipinski definition) is 1. The fourth-order valence-corrected chi connectivity index (χ4v) is 3.92. The van der Waals surface area contributed by atoms with Gasteiger partial charge >= 0.3 is 0 Å². The summed E-state index contributed by atoms with van der Waals surface area (Å²) in [6.45, 7) is 2.17. The Hall–Kier alpha value is -1.60. The number of hydrogen-bond acceptors (Lipinski definition) is 1. The maximum Gasteiger partial charge on any atom is 0.0684 e. The molecule has 2 aromatic carbocycles. The molecule has 0 radical (unpaired) electrons. The van der Waals surface area contributed by atoms with Gasteiger partial charge in [-0.25, -0.2) is 0 Å². The molecule has 1 heteroatoms. The quantitative estimate of drug-likeness (QED) is 0.744. The lowest BCUT2D eigenvalue weighted by molar-refractivity contribution is 0.0722. The molecule has 2 aromatic rings. The third-order valence-electron chi connectivity index (χ3n) is 4.74. The minimum atomic E-state index is -0.250. The van der Waals surface area contributed by atoms with E-state index in [1.54, 1.807) is 0 Å². The summed E-state index contributed by atoms with van der Waals surface area (Å²) in [5.74, 6) is 0.828. The van der Waals surface area contributed by atoms with E-state index in [4.69, 9.17) is 0 Å². The SMILES string of the molecule is CC1C2c3ccccc3C(c3ccccc32)C1O. The van der Waals surface area contributed by atoms with Crippen LogP contribution in [-0.2, 0) is 0 Å². The predicted octanol–water partition coefficient (Wildman–Crippen LogP) is 3.27. The van der Waals surface area contributed by atoms with Gasteiger partial charge in [-0.3, -0.25) is 0 Å². The van der Waals surface area contributed by atoms with E-state index in [9.17, 15) is 5.11 Å². The average molecular weight is 236 g/mol. The van der Waals surface area contributed by atoms with Crippen molar-refractivity contribution in [3.05, 3.63) is 70.8 Å². The largest absolute Gasteiger partial charge is 0.392 e. The molecule has 0 saturated heterocycles.